The monoisotopic (exact) mass is 428 g/mol. The van der Waals surface area contributed by atoms with Crippen LogP contribution in [0.15, 0.2) is 12.2 Å². The SMILES string of the molecule is CCCCCCCC/C=C/CCCCCCCCCOC[C@H]1OC[C@H](O)[C@@H](O)[C@@H]1O. The van der Waals surface area contributed by atoms with Crippen LogP contribution in [0.5, 0.6) is 0 Å². The van der Waals surface area contributed by atoms with Crippen LogP contribution in [-0.4, -0.2) is 59.6 Å². The zero-order chi connectivity index (χ0) is 21.9. The van der Waals surface area contributed by atoms with E-state index in [2.05, 4.69) is 19.1 Å². The highest BCUT2D eigenvalue weighted by Gasteiger charge is 2.37. The topological polar surface area (TPSA) is 79.2 Å². The van der Waals surface area contributed by atoms with Crippen molar-refractivity contribution in [3.05, 3.63) is 12.2 Å². The van der Waals surface area contributed by atoms with Gasteiger partial charge in [-0.05, 0) is 32.1 Å². The average Bonchev–Trinajstić information content (AvgIpc) is 2.75. The molecule has 0 aromatic carbocycles. The number of ether oxygens (including phenoxy) is 2. The first kappa shape index (κ1) is 27.6. The van der Waals surface area contributed by atoms with E-state index in [-0.39, 0.29) is 13.2 Å². The van der Waals surface area contributed by atoms with Gasteiger partial charge in [0.15, 0.2) is 0 Å². The van der Waals surface area contributed by atoms with Gasteiger partial charge in [0.2, 0.25) is 0 Å². The fourth-order valence-corrected chi connectivity index (χ4v) is 3.84. The van der Waals surface area contributed by atoms with Gasteiger partial charge in [0.25, 0.3) is 0 Å². The lowest BCUT2D eigenvalue weighted by Crippen LogP contribution is -2.54. The van der Waals surface area contributed by atoms with E-state index in [9.17, 15) is 15.3 Å². The van der Waals surface area contributed by atoms with E-state index < -0.39 is 24.4 Å². The smallest absolute Gasteiger partial charge is 0.111 e. The second kappa shape index (κ2) is 19.2. The summed E-state index contributed by atoms with van der Waals surface area (Å²) in [5.74, 6) is 0. The third-order valence-electron chi connectivity index (χ3n) is 5.94. The Hall–Kier alpha value is -0.460. The van der Waals surface area contributed by atoms with Crippen molar-refractivity contribution in [2.24, 2.45) is 0 Å². The predicted octanol–water partition coefficient (Wildman–Crippen LogP) is 4.91. The van der Waals surface area contributed by atoms with E-state index in [1.165, 1.54) is 83.5 Å². The Morgan fingerprint density at radius 3 is 1.87 bits per heavy atom. The summed E-state index contributed by atoms with van der Waals surface area (Å²) in [6, 6.07) is 0. The number of allylic oxidation sites excluding steroid dienone is 2. The van der Waals surface area contributed by atoms with Crippen molar-refractivity contribution in [2.45, 2.75) is 128 Å². The van der Waals surface area contributed by atoms with Crippen molar-refractivity contribution in [2.75, 3.05) is 19.8 Å². The van der Waals surface area contributed by atoms with Gasteiger partial charge in [0, 0.05) is 6.61 Å². The first-order valence-corrected chi connectivity index (χ1v) is 12.5. The van der Waals surface area contributed by atoms with Crippen LogP contribution in [0.4, 0.5) is 0 Å². The third kappa shape index (κ3) is 13.8. The van der Waals surface area contributed by atoms with Gasteiger partial charge in [0.05, 0.1) is 13.2 Å². The van der Waals surface area contributed by atoms with Crippen LogP contribution >= 0.6 is 0 Å². The van der Waals surface area contributed by atoms with E-state index in [0.29, 0.717) is 6.61 Å². The Labute approximate surface area is 184 Å². The predicted molar refractivity (Wildman–Crippen MR) is 123 cm³/mol. The minimum atomic E-state index is -1.15. The highest BCUT2D eigenvalue weighted by molar-refractivity contribution is 4.86. The van der Waals surface area contributed by atoms with Crippen molar-refractivity contribution < 1.29 is 24.8 Å². The molecule has 0 aliphatic carbocycles. The maximum absolute atomic E-state index is 9.84. The Kier molecular flexibility index (Phi) is 17.7. The second-order valence-corrected chi connectivity index (χ2v) is 8.79. The molecular weight excluding hydrogens is 380 g/mol. The highest BCUT2D eigenvalue weighted by atomic mass is 16.6. The molecule has 1 rings (SSSR count). The summed E-state index contributed by atoms with van der Waals surface area (Å²) in [5, 5.41) is 28.9. The van der Waals surface area contributed by atoms with Gasteiger partial charge in [0.1, 0.15) is 24.4 Å². The minimum absolute atomic E-state index is 0.0428. The fourth-order valence-electron chi connectivity index (χ4n) is 3.84. The van der Waals surface area contributed by atoms with Crippen LogP contribution in [-0.2, 0) is 9.47 Å². The summed E-state index contributed by atoms with van der Waals surface area (Å²) in [7, 11) is 0. The summed E-state index contributed by atoms with van der Waals surface area (Å²) in [4.78, 5) is 0. The number of hydrogen-bond donors (Lipinski definition) is 3. The van der Waals surface area contributed by atoms with Crippen LogP contribution in [0.2, 0.25) is 0 Å². The average molecular weight is 429 g/mol. The van der Waals surface area contributed by atoms with E-state index in [0.717, 1.165) is 12.8 Å². The van der Waals surface area contributed by atoms with Crippen molar-refractivity contribution in [3.8, 4) is 0 Å². The molecule has 1 heterocycles. The Bertz CT molecular complexity index is 401. The van der Waals surface area contributed by atoms with Gasteiger partial charge in [-0.2, -0.15) is 0 Å². The van der Waals surface area contributed by atoms with E-state index >= 15 is 0 Å². The van der Waals surface area contributed by atoms with Crippen molar-refractivity contribution >= 4 is 0 Å². The molecule has 1 aliphatic rings. The van der Waals surface area contributed by atoms with Crippen LogP contribution in [0.25, 0.3) is 0 Å². The van der Waals surface area contributed by atoms with Crippen molar-refractivity contribution in [3.63, 3.8) is 0 Å². The summed E-state index contributed by atoms with van der Waals surface area (Å²) in [6.45, 7) is 3.22. The molecule has 30 heavy (non-hydrogen) atoms. The largest absolute Gasteiger partial charge is 0.388 e. The van der Waals surface area contributed by atoms with Crippen molar-refractivity contribution in [1.29, 1.82) is 0 Å². The number of rotatable bonds is 19. The molecule has 0 aromatic rings. The number of hydrogen-bond acceptors (Lipinski definition) is 5. The first-order chi connectivity index (χ1) is 14.7. The van der Waals surface area contributed by atoms with E-state index in [4.69, 9.17) is 9.47 Å². The molecule has 5 nitrogen and oxygen atoms in total. The molecule has 1 aliphatic heterocycles. The van der Waals surface area contributed by atoms with Crippen LogP contribution in [0.3, 0.4) is 0 Å². The molecule has 0 bridgehead atoms. The van der Waals surface area contributed by atoms with Crippen LogP contribution < -0.4 is 0 Å². The molecule has 3 N–H and O–H groups in total. The molecule has 4 atom stereocenters. The number of unbranched alkanes of at least 4 members (excludes halogenated alkanes) is 13. The molecule has 0 saturated carbocycles. The van der Waals surface area contributed by atoms with Gasteiger partial charge < -0.3 is 24.8 Å². The van der Waals surface area contributed by atoms with Crippen molar-refractivity contribution in [1.82, 2.24) is 0 Å². The molecule has 0 amide bonds. The molecule has 1 saturated heterocycles. The fraction of sp³-hybridized carbons (Fsp3) is 0.920. The van der Waals surface area contributed by atoms with Crippen LogP contribution in [0.1, 0.15) is 103 Å². The zero-order valence-electron chi connectivity index (χ0n) is 19.4. The van der Waals surface area contributed by atoms with Gasteiger partial charge >= 0.3 is 0 Å². The van der Waals surface area contributed by atoms with E-state index in [1.807, 2.05) is 0 Å². The van der Waals surface area contributed by atoms with Gasteiger partial charge in [-0.15, -0.1) is 0 Å². The molecule has 0 unspecified atom stereocenters. The van der Waals surface area contributed by atoms with Crippen LogP contribution in [0, 0.1) is 0 Å². The lowest BCUT2D eigenvalue weighted by Gasteiger charge is -2.35. The molecule has 0 radical (unpaired) electrons. The van der Waals surface area contributed by atoms with Gasteiger partial charge in [-0.3, -0.25) is 0 Å². The maximum atomic E-state index is 9.84. The minimum Gasteiger partial charge on any atom is -0.388 e. The molecule has 0 spiro atoms. The lowest BCUT2D eigenvalue weighted by atomic mass is 10.0. The molecule has 178 valence electrons. The highest BCUT2D eigenvalue weighted by Crippen LogP contribution is 2.16. The lowest BCUT2D eigenvalue weighted by molar-refractivity contribution is -0.199. The normalized spacial score (nSPS) is 24.7. The summed E-state index contributed by atoms with van der Waals surface area (Å²) in [6.07, 6.45) is 20.3. The second-order valence-electron chi connectivity index (χ2n) is 8.79. The number of aliphatic hydroxyl groups excluding tert-OH is 3. The summed E-state index contributed by atoms with van der Waals surface area (Å²) >= 11 is 0. The molecule has 0 aromatic heterocycles. The Balaban J connectivity index is 1.78. The third-order valence-corrected chi connectivity index (χ3v) is 5.94. The molecular formula is C25H48O5. The Morgan fingerprint density at radius 2 is 1.27 bits per heavy atom. The number of aliphatic hydroxyl groups is 3. The quantitative estimate of drug-likeness (QED) is 0.201. The maximum Gasteiger partial charge on any atom is 0.111 e. The Morgan fingerprint density at radius 1 is 0.733 bits per heavy atom. The molecule has 1 fully saturated rings. The van der Waals surface area contributed by atoms with Gasteiger partial charge in [-0.25, -0.2) is 0 Å². The standard InChI is InChI=1S/C25H48O5/c1-2-3-4-5-6-7-8-9-10-11-12-13-14-15-16-17-18-19-29-21-23-25(28)24(27)22(26)20-30-23/h9-10,22-28H,2-8,11-21H2,1H3/b10-9+/t22-,23+,24+,25+/m0/s1. The zero-order valence-corrected chi connectivity index (χ0v) is 19.4. The first-order valence-electron chi connectivity index (χ1n) is 12.5. The van der Waals surface area contributed by atoms with E-state index in [1.54, 1.807) is 0 Å². The van der Waals surface area contributed by atoms with Gasteiger partial charge in [-0.1, -0.05) is 83.3 Å². The summed E-state index contributed by atoms with van der Waals surface area (Å²) < 4.78 is 10.9. The molecule has 5 heteroatoms. The summed E-state index contributed by atoms with van der Waals surface area (Å²) in [5.41, 5.74) is 0.